The van der Waals surface area contributed by atoms with Crippen LogP contribution in [-0.4, -0.2) is 6.29 Å². The van der Waals surface area contributed by atoms with Crippen LogP contribution in [0.4, 0.5) is 0 Å². The highest BCUT2D eigenvalue weighted by molar-refractivity contribution is 5.58. The Balaban J connectivity index is 1.82. The van der Waals surface area contributed by atoms with Gasteiger partial charge in [-0.1, -0.05) is 19.3 Å². The van der Waals surface area contributed by atoms with E-state index in [0.29, 0.717) is 5.92 Å². The lowest BCUT2D eigenvalue weighted by Crippen LogP contribution is -2.14. The van der Waals surface area contributed by atoms with Gasteiger partial charge in [-0.05, 0) is 18.3 Å². The van der Waals surface area contributed by atoms with Crippen molar-refractivity contribution in [2.24, 2.45) is 17.8 Å². The molecule has 0 bridgehead atoms. The Kier molecular flexibility index (Phi) is 1.11. The number of carbonyl (C=O) groups is 1. The molecule has 0 aliphatic heterocycles. The number of carbonyl (C=O) groups excluding carboxylic acids is 1. The molecule has 2 aliphatic carbocycles. The molecule has 2 aliphatic rings. The van der Waals surface area contributed by atoms with E-state index >= 15 is 0 Å². The van der Waals surface area contributed by atoms with Crippen molar-refractivity contribution < 1.29 is 4.79 Å². The summed E-state index contributed by atoms with van der Waals surface area (Å²) < 4.78 is 0. The molecule has 0 spiro atoms. The van der Waals surface area contributed by atoms with Crippen LogP contribution in [0.3, 0.4) is 0 Å². The Morgan fingerprint density at radius 1 is 1.33 bits per heavy atom. The zero-order valence-corrected chi connectivity index (χ0v) is 5.55. The van der Waals surface area contributed by atoms with Gasteiger partial charge in [-0.2, -0.15) is 0 Å². The molecular weight excluding hydrogens is 112 g/mol. The second-order valence-electron chi connectivity index (χ2n) is 3.39. The summed E-state index contributed by atoms with van der Waals surface area (Å²) in [6.45, 7) is 0. The van der Waals surface area contributed by atoms with Crippen LogP contribution in [0, 0.1) is 17.8 Å². The maximum atomic E-state index is 10.2. The molecule has 0 saturated heterocycles. The second kappa shape index (κ2) is 1.83. The molecule has 2 rings (SSSR count). The van der Waals surface area contributed by atoms with Crippen LogP contribution in [0.2, 0.25) is 0 Å². The van der Waals surface area contributed by atoms with E-state index in [1.807, 2.05) is 0 Å². The Morgan fingerprint density at radius 2 is 2.11 bits per heavy atom. The summed E-state index contributed by atoms with van der Waals surface area (Å²) in [5.74, 6) is 2.23. The summed E-state index contributed by atoms with van der Waals surface area (Å²) in [5.41, 5.74) is 0. The van der Waals surface area contributed by atoms with Gasteiger partial charge in [0.05, 0.1) is 0 Å². The molecule has 1 heteroatoms. The Hall–Kier alpha value is -0.330. The van der Waals surface area contributed by atoms with Crippen LogP contribution in [0.5, 0.6) is 0 Å². The third-order valence-electron chi connectivity index (χ3n) is 2.82. The summed E-state index contributed by atoms with van der Waals surface area (Å²) >= 11 is 0. The minimum Gasteiger partial charge on any atom is -0.303 e. The SMILES string of the molecule is O=C[C@H]1C[C@@H]1C1CCC1. The van der Waals surface area contributed by atoms with Crippen molar-refractivity contribution in [2.75, 3.05) is 0 Å². The van der Waals surface area contributed by atoms with E-state index < -0.39 is 0 Å². The second-order valence-corrected chi connectivity index (χ2v) is 3.39. The van der Waals surface area contributed by atoms with Gasteiger partial charge in [0.15, 0.2) is 0 Å². The summed E-state index contributed by atoms with van der Waals surface area (Å²) in [5, 5.41) is 0. The molecule has 9 heavy (non-hydrogen) atoms. The van der Waals surface area contributed by atoms with Crippen molar-refractivity contribution in [2.45, 2.75) is 25.7 Å². The maximum Gasteiger partial charge on any atom is 0.123 e. The largest absolute Gasteiger partial charge is 0.303 e. The van der Waals surface area contributed by atoms with Crippen LogP contribution in [-0.2, 0) is 4.79 Å². The molecular formula is C8H12O. The number of aldehydes is 1. The van der Waals surface area contributed by atoms with E-state index in [2.05, 4.69) is 0 Å². The normalized spacial score (nSPS) is 41.8. The van der Waals surface area contributed by atoms with Gasteiger partial charge in [0, 0.05) is 5.92 Å². The molecule has 1 nitrogen and oxygen atoms in total. The summed E-state index contributed by atoms with van der Waals surface area (Å²) in [7, 11) is 0. The van der Waals surface area contributed by atoms with E-state index in [1.165, 1.54) is 25.7 Å². The molecule has 2 atom stereocenters. The van der Waals surface area contributed by atoms with Gasteiger partial charge in [0.25, 0.3) is 0 Å². The predicted molar refractivity (Wildman–Crippen MR) is 35.0 cm³/mol. The number of hydrogen-bond acceptors (Lipinski definition) is 1. The molecule has 0 N–H and O–H groups in total. The zero-order chi connectivity index (χ0) is 6.27. The highest BCUT2D eigenvalue weighted by Crippen LogP contribution is 2.50. The first-order chi connectivity index (χ1) is 4.42. The molecule has 2 fully saturated rings. The molecule has 0 aromatic carbocycles. The van der Waals surface area contributed by atoms with Crippen molar-refractivity contribution in [1.29, 1.82) is 0 Å². The molecule has 0 heterocycles. The Bertz CT molecular complexity index is 127. The van der Waals surface area contributed by atoms with Gasteiger partial charge in [-0.15, -0.1) is 0 Å². The first-order valence-electron chi connectivity index (χ1n) is 3.87. The Morgan fingerprint density at radius 3 is 2.44 bits per heavy atom. The highest BCUT2D eigenvalue weighted by atomic mass is 16.1. The Labute approximate surface area is 55.4 Å². The fraction of sp³-hybridized carbons (Fsp3) is 0.875. The lowest BCUT2D eigenvalue weighted by atomic mass is 9.81. The van der Waals surface area contributed by atoms with Gasteiger partial charge in [0.2, 0.25) is 0 Å². The van der Waals surface area contributed by atoms with Crippen LogP contribution in [0.25, 0.3) is 0 Å². The average Bonchev–Trinajstić information content (AvgIpc) is 2.42. The average molecular weight is 124 g/mol. The summed E-state index contributed by atoms with van der Waals surface area (Å²) in [4.78, 5) is 10.2. The minimum atomic E-state index is 0.468. The quantitative estimate of drug-likeness (QED) is 0.511. The molecule has 0 aromatic heterocycles. The van der Waals surface area contributed by atoms with Gasteiger partial charge in [-0.3, -0.25) is 0 Å². The van der Waals surface area contributed by atoms with Crippen molar-refractivity contribution in [3.63, 3.8) is 0 Å². The lowest BCUT2D eigenvalue weighted by molar-refractivity contribution is -0.109. The highest BCUT2D eigenvalue weighted by Gasteiger charge is 2.44. The molecule has 0 radical (unpaired) electrons. The van der Waals surface area contributed by atoms with Crippen LogP contribution < -0.4 is 0 Å². The van der Waals surface area contributed by atoms with Gasteiger partial charge in [0.1, 0.15) is 6.29 Å². The molecule has 0 amide bonds. The lowest BCUT2D eigenvalue weighted by Gasteiger charge is -2.24. The first kappa shape index (κ1) is 5.45. The number of hydrogen-bond donors (Lipinski definition) is 0. The summed E-state index contributed by atoms with van der Waals surface area (Å²) in [6.07, 6.45) is 6.55. The van der Waals surface area contributed by atoms with E-state index in [0.717, 1.165) is 18.1 Å². The third kappa shape index (κ3) is 0.790. The van der Waals surface area contributed by atoms with E-state index in [-0.39, 0.29) is 0 Å². The van der Waals surface area contributed by atoms with Crippen molar-refractivity contribution in [1.82, 2.24) is 0 Å². The minimum absolute atomic E-state index is 0.468. The topological polar surface area (TPSA) is 17.1 Å². The predicted octanol–water partition coefficient (Wildman–Crippen LogP) is 1.62. The van der Waals surface area contributed by atoms with Crippen molar-refractivity contribution >= 4 is 6.29 Å². The molecule has 0 unspecified atom stereocenters. The fourth-order valence-electron chi connectivity index (χ4n) is 1.80. The maximum absolute atomic E-state index is 10.2. The van der Waals surface area contributed by atoms with Crippen molar-refractivity contribution in [3.8, 4) is 0 Å². The van der Waals surface area contributed by atoms with E-state index in [4.69, 9.17) is 0 Å². The fourth-order valence-corrected chi connectivity index (χ4v) is 1.80. The van der Waals surface area contributed by atoms with Gasteiger partial charge in [-0.25, -0.2) is 0 Å². The zero-order valence-electron chi connectivity index (χ0n) is 5.55. The monoisotopic (exact) mass is 124 g/mol. The van der Waals surface area contributed by atoms with Gasteiger partial charge >= 0.3 is 0 Å². The molecule has 50 valence electrons. The molecule has 0 aromatic rings. The standard InChI is InChI=1S/C8H12O/c9-5-7-4-8(7)6-2-1-3-6/h5-8H,1-4H2/t7-,8-/m1/s1. The van der Waals surface area contributed by atoms with Crippen LogP contribution in [0.15, 0.2) is 0 Å². The van der Waals surface area contributed by atoms with Crippen LogP contribution in [0.1, 0.15) is 25.7 Å². The number of rotatable bonds is 2. The smallest absolute Gasteiger partial charge is 0.123 e. The van der Waals surface area contributed by atoms with Gasteiger partial charge < -0.3 is 4.79 Å². The van der Waals surface area contributed by atoms with Crippen molar-refractivity contribution in [3.05, 3.63) is 0 Å². The summed E-state index contributed by atoms with van der Waals surface area (Å²) in [6, 6.07) is 0. The molecule has 2 saturated carbocycles. The van der Waals surface area contributed by atoms with E-state index in [1.54, 1.807) is 0 Å². The third-order valence-corrected chi connectivity index (χ3v) is 2.82. The van der Waals surface area contributed by atoms with E-state index in [9.17, 15) is 4.79 Å². The first-order valence-corrected chi connectivity index (χ1v) is 3.87. The van der Waals surface area contributed by atoms with Crippen LogP contribution >= 0.6 is 0 Å².